The van der Waals surface area contributed by atoms with Crippen molar-refractivity contribution in [2.45, 2.75) is 12.8 Å². The molecule has 2 saturated heterocycles. The summed E-state index contributed by atoms with van der Waals surface area (Å²) in [6.45, 7) is 7.86. The summed E-state index contributed by atoms with van der Waals surface area (Å²) < 4.78 is 6.02. The Balaban J connectivity index is 1.17. The standard InChI is InChI=1S/C28H32N10O/c1-36-8-10-38(11-9-36)24-18-30-17-23-25(24)33-28(32-23)27-26-22(34-35-27)5-4-21(31-26)19-14-20(16-29-15-19)39-13-12-37-6-2-3-7-37/h4-5,14-18H,2-3,6-13H2,1H3,(H,32,33)(H,34,35). The number of likely N-dealkylation sites (N-methyl/N-ethyl adjacent to an activating group) is 1. The van der Waals surface area contributed by atoms with E-state index in [0.29, 0.717) is 18.1 Å². The zero-order chi connectivity index (χ0) is 26.2. The number of pyridine rings is 3. The Kier molecular flexibility index (Phi) is 6.29. The smallest absolute Gasteiger partial charge is 0.161 e. The molecule has 0 bridgehead atoms. The second-order valence-electron chi connectivity index (χ2n) is 10.4. The molecule has 5 aromatic heterocycles. The van der Waals surface area contributed by atoms with Gasteiger partial charge in [0, 0.05) is 44.5 Å². The van der Waals surface area contributed by atoms with Crippen LogP contribution in [0.4, 0.5) is 5.69 Å². The average molecular weight is 525 g/mol. The van der Waals surface area contributed by atoms with Gasteiger partial charge in [0.15, 0.2) is 11.5 Å². The molecule has 0 aromatic carbocycles. The second kappa shape index (κ2) is 10.2. The van der Waals surface area contributed by atoms with Gasteiger partial charge in [-0.1, -0.05) is 0 Å². The summed E-state index contributed by atoms with van der Waals surface area (Å²) in [6, 6.07) is 5.97. The number of fused-ring (bicyclic) bond motifs is 2. The van der Waals surface area contributed by atoms with Crippen LogP contribution in [0.1, 0.15) is 12.8 Å². The van der Waals surface area contributed by atoms with Crippen molar-refractivity contribution in [1.29, 1.82) is 0 Å². The SMILES string of the molecule is CN1CCN(c2cncc3[nH]c(-c4n[nH]c5ccc(-c6cncc(OCCN7CCCC7)c6)nc45)nc23)CC1. The summed E-state index contributed by atoms with van der Waals surface area (Å²) in [5.41, 5.74) is 6.81. The molecule has 0 atom stereocenters. The van der Waals surface area contributed by atoms with Crippen molar-refractivity contribution in [3.8, 4) is 28.5 Å². The van der Waals surface area contributed by atoms with E-state index >= 15 is 0 Å². The van der Waals surface area contributed by atoms with Crippen LogP contribution in [-0.4, -0.2) is 104 Å². The molecule has 0 radical (unpaired) electrons. The third-order valence-corrected chi connectivity index (χ3v) is 7.73. The highest BCUT2D eigenvalue weighted by Crippen LogP contribution is 2.31. The maximum atomic E-state index is 6.02. The number of nitrogens with zero attached hydrogens (tertiary/aromatic N) is 8. The van der Waals surface area contributed by atoms with E-state index in [1.54, 1.807) is 6.20 Å². The van der Waals surface area contributed by atoms with Crippen LogP contribution in [0.15, 0.2) is 43.0 Å². The van der Waals surface area contributed by atoms with Crippen molar-refractivity contribution in [1.82, 2.24) is 44.9 Å². The Bertz CT molecular complexity index is 1600. The number of aromatic nitrogens is 7. The molecule has 0 saturated carbocycles. The molecule has 0 amide bonds. The molecule has 200 valence electrons. The molecule has 5 aromatic rings. The van der Waals surface area contributed by atoms with Crippen LogP contribution in [0.25, 0.3) is 44.8 Å². The number of hydrogen-bond acceptors (Lipinski definition) is 9. The quantitative estimate of drug-likeness (QED) is 0.331. The third-order valence-electron chi connectivity index (χ3n) is 7.73. The van der Waals surface area contributed by atoms with Crippen LogP contribution in [0.5, 0.6) is 5.75 Å². The number of anilines is 1. The number of H-pyrrole nitrogens is 2. The number of nitrogens with one attached hydrogen (secondary N) is 2. The molecule has 2 aliphatic rings. The van der Waals surface area contributed by atoms with E-state index in [9.17, 15) is 0 Å². The van der Waals surface area contributed by atoms with Gasteiger partial charge in [-0.2, -0.15) is 5.10 Å². The number of aromatic amines is 2. The molecule has 0 aliphatic carbocycles. The van der Waals surface area contributed by atoms with Gasteiger partial charge in [-0.3, -0.25) is 20.0 Å². The first kappa shape index (κ1) is 24.0. The third kappa shape index (κ3) is 4.79. The molecule has 11 nitrogen and oxygen atoms in total. The minimum atomic E-state index is 0.653. The van der Waals surface area contributed by atoms with Crippen molar-refractivity contribution in [2.24, 2.45) is 0 Å². The Hall–Kier alpha value is -4.09. The van der Waals surface area contributed by atoms with E-state index in [1.165, 1.54) is 12.8 Å². The summed E-state index contributed by atoms with van der Waals surface area (Å²) in [4.78, 5) is 29.4. The van der Waals surface area contributed by atoms with Gasteiger partial charge in [-0.05, 0) is 51.2 Å². The topological polar surface area (TPSA) is 115 Å². The predicted molar refractivity (Wildman–Crippen MR) is 151 cm³/mol. The number of hydrogen-bond donors (Lipinski definition) is 2. The molecule has 39 heavy (non-hydrogen) atoms. The van der Waals surface area contributed by atoms with Crippen LogP contribution in [0, 0.1) is 0 Å². The van der Waals surface area contributed by atoms with Crippen LogP contribution < -0.4 is 9.64 Å². The first-order chi connectivity index (χ1) is 19.2. The van der Waals surface area contributed by atoms with Gasteiger partial charge >= 0.3 is 0 Å². The number of rotatable bonds is 7. The highest BCUT2D eigenvalue weighted by molar-refractivity contribution is 5.94. The lowest BCUT2D eigenvalue weighted by Gasteiger charge is -2.33. The number of ether oxygens (including phenoxy) is 1. The van der Waals surface area contributed by atoms with Gasteiger partial charge in [-0.25, -0.2) is 9.97 Å². The average Bonchev–Trinajstić information content (AvgIpc) is 3.73. The number of piperazine rings is 1. The fraction of sp³-hybridized carbons (Fsp3) is 0.393. The van der Waals surface area contributed by atoms with Gasteiger partial charge in [0.05, 0.1) is 41.0 Å². The number of imidazole rings is 1. The van der Waals surface area contributed by atoms with Crippen LogP contribution in [0.2, 0.25) is 0 Å². The van der Waals surface area contributed by atoms with E-state index in [0.717, 1.165) is 90.6 Å². The minimum absolute atomic E-state index is 0.653. The molecule has 7 heterocycles. The fourth-order valence-corrected chi connectivity index (χ4v) is 5.47. The molecular weight excluding hydrogens is 492 g/mol. The van der Waals surface area contributed by atoms with Gasteiger partial charge < -0.3 is 19.5 Å². The Morgan fingerprint density at radius 2 is 1.72 bits per heavy atom. The molecule has 11 heteroatoms. The van der Waals surface area contributed by atoms with Crippen LogP contribution in [0.3, 0.4) is 0 Å². The maximum absolute atomic E-state index is 6.02. The molecule has 2 aliphatic heterocycles. The van der Waals surface area contributed by atoms with Crippen LogP contribution >= 0.6 is 0 Å². The van der Waals surface area contributed by atoms with Crippen molar-refractivity contribution in [3.63, 3.8) is 0 Å². The maximum Gasteiger partial charge on any atom is 0.161 e. The first-order valence-electron chi connectivity index (χ1n) is 13.6. The lowest BCUT2D eigenvalue weighted by atomic mass is 10.1. The lowest BCUT2D eigenvalue weighted by Crippen LogP contribution is -2.44. The first-order valence-corrected chi connectivity index (χ1v) is 13.6. The van der Waals surface area contributed by atoms with E-state index in [4.69, 9.17) is 14.7 Å². The Morgan fingerprint density at radius 1 is 0.872 bits per heavy atom. The number of likely N-dealkylation sites (tertiary alicyclic amines) is 1. The zero-order valence-corrected chi connectivity index (χ0v) is 22.1. The molecule has 7 rings (SSSR count). The van der Waals surface area contributed by atoms with Gasteiger partial charge in [0.1, 0.15) is 23.4 Å². The van der Waals surface area contributed by atoms with Crippen LogP contribution in [-0.2, 0) is 0 Å². The largest absolute Gasteiger partial charge is 0.491 e. The summed E-state index contributed by atoms with van der Waals surface area (Å²) in [5.74, 6) is 1.42. The highest BCUT2D eigenvalue weighted by Gasteiger charge is 2.21. The molecule has 0 spiro atoms. The lowest BCUT2D eigenvalue weighted by molar-refractivity contribution is 0.237. The van der Waals surface area contributed by atoms with Gasteiger partial charge in [-0.15, -0.1) is 0 Å². The normalized spacial score (nSPS) is 17.0. The molecular formula is C28H32N10O. The van der Waals surface area contributed by atoms with Crippen molar-refractivity contribution >= 4 is 27.8 Å². The summed E-state index contributed by atoms with van der Waals surface area (Å²) in [5, 5.41) is 7.69. The Labute approximate surface area is 226 Å². The Morgan fingerprint density at radius 3 is 2.59 bits per heavy atom. The van der Waals surface area contributed by atoms with E-state index in [2.05, 4.69) is 46.9 Å². The monoisotopic (exact) mass is 524 g/mol. The van der Waals surface area contributed by atoms with Crippen molar-refractivity contribution in [3.05, 3.63) is 43.0 Å². The minimum Gasteiger partial charge on any atom is -0.491 e. The van der Waals surface area contributed by atoms with Crippen molar-refractivity contribution in [2.75, 3.05) is 64.4 Å². The zero-order valence-electron chi connectivity index (χ0n) is 22.1. The summed E-state index contributed by atoms with van der Waals surface area (Å²) >= 11 is 0. The molecule has 2 fully saturated rings. The predicted octanol–water partition coefficient (Wildman–Crippen LogP) is 3.18. The summed E-state index contributed by atoms with van der Waals surface area (Å²) in [7, 11) is 2.15. The van der Waals surface area contributed by atoms with E-state index in [-0.39, 0.29) is 0 Å². The molecule has 0 unspecified atom stereocenters. The van der Waals surface area contributed by atoms with E-state index < -0.39 is 0 Å². The molecule has 2 N–H and O–H groups in total. The van der Waals surface area contributed by atoms with Gasteiger partial charge in [0.2, 0.25) is 0 Å². The van der Waals surface area contributed by atoms with Gasteiger partial charge in [0.25, 0.3) is 0 Å². The van der Waals surface area contributed by atoms with Crippen molar-refractivity contribution < 1.29 is 4.74 Å². The fourth-order valence-electron chi connectivity index (χ4n) is 5.47. The highest BCUT2D eigenvalue weighted by atomic mass is 16.5. The van der Waals surface area contributed by atoms with E-state index in [1.807, 2.05) is 36.8 Å². The second-order valence-corrected chi connectivity index (χ2v) is 10.4. The summed E-state index contributed by atoms with van der Waals surface area (Å²) in [6.07, 6.45) is 9.86.